The highest BCUT2D eigenvalue weighted by Gasteiger charge is 2.29. The first-order valence-electron chi connectivity index (χ1n) is 7.36. The molecule has 0 N–H and O–H groups in total. The number of nitro groups is 2. The molecule has 0 aliphatic heterocycles. The third kappa shape index (κ3) is 3.13. The highest BCUT2D eigenvalue weighted by atomic mass is 16.6. The number of carbonyl (C=O) groups is 1. The number of rotatable bonds is 5. The molecule has 0 spiro atoms. The lowest BCUT2D eigenvalue weighted by atomic mass is 10.2. The van der Waals surface area contributed by atoms with Crippen LogP contribution in [0.15, 0.2) is 71.1 Å². The summed E-state index contributed by atoms with van der Waals surface area (Å²) in [6.07, 6.45) is 0. The third-order valence-corrected chi connectivity index (χ3v) is 3.52. The van der Waals surface area contributed by atoms with Gasteiger partial charge in [0, 0.05) is 11.8 Å². The van der Waals surface area contributed by atoms with Gasteiger partial charge in [-0.25, -0.2) is 0 Å². The fourth-order valence-corrected chi connectivity index (χ4v) is 2.40. The fourth-order valence-electron chi connectivity index (χ4n) is 2.40. The summed E-state index contributed by atoms with van der Waals surface area (Å²) >= 11 is 0. The van der Waals surface area contributed by atoms with Crippen LogP contribution < -0.4 is 4.90 Å². The molecule has 0 radical (unpaired) electrons. The van der Waals surface area contributed by atoms with Crippen LogP contribution in [0.3, 0.4) is 0 Å². The molecule has 1 heterocycles. The number of nitrogens with zero attached hydrogens (tertiary/aromatic N) is 3. The van der Waals surface area contributed by atoms with Gasteiger partial charge in [-0.3, -0.25) is 29.9 Å². The maximum absolute atomic E-state index is 12.9. The summed E-state index contributed by atoms with van der Waals surface area (Å²) in [6, 6.07) is 16.2. The molecule has 3 rings (SSSR count). The number of nitro benzene ring substituents is 1. The molecule has 9 nitrogen and oxygen atoms in total. The molecule has 0 fully saturated rings. The van der Waals surface area contributed by atoms with Gasteiger partial charge in [-0.1, -0.05) is 30.3 Å². The molecule has 0 bridgehead atoms. The van der Waals surface area contributed by atoms with Gasteiger partial charge >= 0.3 is 5.88 Å². The van der Waals surface area contributed by atoms with E-state index in [0.717, 1.165) is 17.0 Å². The van der Waals surface area contributed by atoms with Gasteiger partial charge in [0.1, 0.15) is 10.6 Å². The first kappa shape index (κ1) is 16.8. The molecule has 0 aliphatic carbocycles. The minimum atomic E-state index is -0.769. The fraction of sp³-hybridized carbons (Fsp3) is 0. The van der Waals surface area contributed by atoms with Crippen LogP contribution in [0, 0.1) is 20.2 Å². The predicted octanol–water partition coefficient (Wildman–Crippen LogP) is 4.07. The van der Waals surface area contributed by atoms with Crippen molar-refractivity contribution in [1.82, 2.24) is 0 Å². The minimum absolute atomic E-state index is 0.0211. The van der Waals surface area contributed by atoms with Crippen molar-refractivity contribution in [2.75, 3.05) is 4.90 Å². The Kier molecular flexibility index (Phi) is 4.44. The first-order chi connectivity index (χ1) is 12.5. The van der Waals surface area contributed by atoms with E-state index in [1.807, 2.05) is 0 Å². The van der Waals surface area contributed by atoms with Crippen molar-refractivity contribution in [1.29, 1.82) is 0 Å². The van der Waals surface area contributed by atoms with Crippen molar-refractivity contribution >= 4 is 28.9 Å². The lowest BCUT2D eigenvalue weighted by Crippen LogP contribution is -2.26. The highest BCUT2D eigenvalue weighted by Crippen LogP contribution is 2.35. The number of benzene rings is 2. The second-order valence-corrected chi connectivity index (χ2v) is 5.12. The third-order valence-electron chi connectivity index (χ3n) is 3.52. The van der Waals surface area contributed by atoms with E-state index in [1.165, 1.54) is 18.2 Å². The molecular formula is C17H11N3O6. The van der Waals surface area contributed by atoms with Crippen molar-refractivity contribution in [3.63, 3.8) is 0 Å². The molecule has 0 saturated carbocycles. The Morgan fingerprint density at radius 2 is 1.50 bits per heavy atom. The van der Waals surface area contributed by atoms with Crippen molar-refractivity contribution < 1.29 is 19.1 Å². The van der Waals surface area contributed by atoms with E-state index in [-0.39, 0.29) is 17.1 Å². The Morgan fingerprint density at radius 3 is 2.12 bits per heavy atom. The Bertz CT molecular complexity index is 983. The summed E-state index contributed by atoms with van der Waals surface area (Å²) in [5, 5.41) is 22.2. The van der Waals surface area contributed by atoms with Gasteiger partial charge in [-0.2, -0.15) is 0 Å². The van der Waals surface area contributed by atoms with Gasteiger partial charge in [0.25, 0.3) is 11.6 Å². The maximum Gasteiger partial charge on any atom is 0.433 e. The Labute approximate surface area is 146 Å². The van der Waals surface area contributed by atoms with Crippen LogP contribution in [-0.4, -0.2) is 15.8 Å². The number of amides is 1. The Morgan fingerprint density at radius 1 is 0.846 bits per heavy atom. The topological polar surface area (TPSA) is 120 Å². The average molecular weight is 353 g/mol. The average Bonchev–Trinajstić information content (AvgIpc) is 3.13. The SMILES string of the molecule is O=C(c1ccc([N+](=O)[O-])o1)N(c1ccccc1)c1ccccc1[N+](=O)[O-]. The largest absolute Gasteiger partial charge is 0.433 e. The minimum Gasteiger partial charge on any atom is -0.395 e. The molecule has 0 atom stereocenters. The number of carbonyl (C=O) groups excluding carboxylic acids is 1. The summed E-state index contributed by atoms with van der Waals surface area (Å²) in [6.45, 7) is 0. The smallest absolute Gasteiger partial charge is 0.395 e. The second kappa shape index (κ2) is 6.85. The van der Waals surface area contributed by atoms with E-state index in [9.17, 15) is 25.0 Å². The Hall–Kier alpha value is -4.01. The zero-order chi connectivity index (χ0) is 18.7. The van der Waals surface area contributed by atoms with Gasteiger partial charge in [-0.05, 0) is 24.3 Å². The van der Waals surface area contributed by atoms with Crippen LogP contribution in [0.2, 0.25) is 0 Å². The van der Waals surface area contributed by atoms with E-state index in [4.69, 9.17) is 4.42 Å². The molecule has 1 amide bonds. The number of furan rings is 1. The summed E-state index contributed by atoms with van der Waals surface area (Å²) in [5.74, 6) is -1.67. The molecule has 0 saturated heterocycles. The zero-order valence-corrected chi connectivity index (χ0v) is 13.1. The van der Waals surface area contributed by atoms with Gasteiger partial charge in [0.05, 0.1) is 11.0 Å². The van der Waals surface area contributed by atoms with Crippen LogP contribution in [0.4, 0.5) is 22.9 Å². The quantitative estimate of drug-likeness (QED) is 0.503. The standard InChI is InChI=1S/C17H11N3O6/c21-17(15-10-11-16(26-15)20(24)25)18(12-6-2-1-3-7-12)13-8-4-5-9-14(13)19(22)23/h1-11H. The van der Waals surface area contributed by atoms with Crippen LogP contribution in [-0.2, 0) is 0 Å². The summed E-state index contributed by atoms with van der Waals surface area (Å²) in [5.41, 5.74) is 0.0874. The van der Waals surface area contributed by atoms with Crippen molar-refractivity contribution in [3.8, 4) is 0 Å². The molecule has 26 heavy (non-hydrogen) atoms. The lowest BCUT2D eigenvalue weighted by Gasteiger charge is -2.21. The maximum atomic E-state index is 12.9. The molecule has 2 aromatic carbocycles. The number of hydrogen-bond acceptors (Lipinski definition) is 6. The summed E-state index contributed by atoms with van der Waals surface area (Å²) < 4.78 is 4.97. The lowest BCUT2D eigenvalue weighted by molar-refractivity contribution is -0.402. The van der Waals surface area contributed by atoms with Crippen LogP contribution in [0.1, 0.15) is 10.6 Å². The van der Waals surface area contributed by atoms with E-state index in [2.05, 4.69) is 0 Å². The second-order valence-electron chi connectivity index (χ2n) is 5.12. The molecular weight excluding hydrogens is 342 g/mol. The molecule has 9 heteroatoms. The predicted molar refractivity (Wildman–Crippen MR) is 91.4 cm³/mol. The van der Waals surface area contributed by atoms with E-state index < -0.39 is 21.6 Å². The molecule has 1 aromatic heterocycles. The molecule has 3 aromatic rings. The number of para-hydroxylation sites is 3. The number of anilines is 2. The van der Waals surface area contributed by atoms with Crippen molar-refractivity contribution in [2.24, 2.45) is 0 Å². The van der Waals surface area contributed by atoms with Gasteiger partial charge in [-0.15, -0.1) is 0 Å². The zero-order valence-electron chi connectivity index (χ0n) is 13.1. The van der Waals surface area contributed by atoms with Crippen molar-refractivity contribution in [3.05, 3.63) is 92.7 Å². The van der Waals surface area contributed by atoms with Gasteiger partial charge in [0.2, 0.25) is 0 Å². The summed E-state index contributed by atoms with van der Waals surface area (Å²) in [4.78, 5) is 34.8. The van der Waals surface area contributed by atoms with Gasteiger partial charge in [0.15, 0.2) is 5.76 Å². The molecule has 0 aliphatic rings. The van der Waals surface area contributed by atoms with Crippen LogP contribution in [0.25, 0.3) is 0 Å². The summed E-state index contributed by atoms with van der Waals surface area (Å²) in [7, 11) is 0. The van der Waals surface area contributed by atoms with Gasteiger partial charge < -0.3 is 4.42 Å². The highest BCUT2D eigenvalue weighted by molar-refractivity contribution is 6.10. The normalized spacial score (nSPS) is 10.3. The Balaban J connectivity index is 2.15. The molecule has 130 valence electrons. The van der Waals surface area contributed by atoms with Crippen LogP contribution in [0.5, 0.6) is 0 Å². The monoisotopic (exact) mass is 353 g/mol. The van der Waals surface area contributed by atoms with E-state index in [0.29, 0.717) is 5.69 Å². The number of hydrogen-bond donors (Lipinski definition) is 0. The van der Waals surface area contributed by atoms with Crippen LogP contribution >= 0.6 is 0 Å². The van der Waals surface area contributed by atoms with E-state index >= 15 is 0 Å². The molecule has 0 unspecified atom stereocenters. The first-order valence-corrected chi connectivity index (χ1v) is 7.36. The van der Waals surface area contributed by atoms with Crippen molar-refractivity contribution in [2.45, 2.75) is 0 Å². The van der Waals surface area contributed by atoms with E-state index in [1.54, 1.807) is 36.4 Å².